The Kier molecular flexibility index (Phi) is 5.75. The van der Waals surface area contributed by atoms with Gasteiger partial charge < -0.3 is 4.74 Å². The molecule has 0 fully saturated rings. The molecule has 0 radical (unpaired) electrons. The van der Waals surface area contributed by atoms with Crippen LogP contribution in [0.5, 0.6) is 5.75 Å². The molecule has 1 atom stereocenters. The molecule has 1 rings (SSSR count). The van der Waals surface area contributed by atoms with E-state index in [-0.39, 0.29) is 17.5 Å². The molecule has 0 aromatic heterocycles. The van der Waals surface area contributed by atoms with Crippen LogP contribution in [0, 0.1) is 18.7 Å². The number of hydrogen-bond acceptors (Lipinski definition) is 3. The van der Waals surface area contributed by atoms with E-state index >= 15 is 0 Å². The van der Waals surface area contributed by atoms with Crippen LogP contribution in [0.15, 0.2) is 18.2 Å². The molecule has 0 aliphatic carbocycles. The Morgan fingerprint density at radius 2 is 2.05 bits per heavy atom. The predicted octanol–water partition coefficient (Wildman–Crippen LogP) is 2.22. The molecule has 0 spiro atoms. The Hall–Kier alpha value is -1.14. The number of ether oxygens (including phenoxy) is 1. The Bertz CT molecular complexity index is 517. The quantitative estimate of drug-likeness (QED) is 0.836. The predicted molar refractivity (Wildman–Crippen MR) is 73.0 cm³/mol. The fraction of sp³-hybridized carbons (Fsp3) is 0.538. The third-order valence-corrected chi connectivity index (χ3v) is 3.72. The van der Waals surface area contributed by atoms with E-state index in [0.717, 1.165) is 0 Å². The van der Waals surface area contributed by atoms with E-state index < -0.39 is 10.0 Å². The number of halogens is 1. The van der Waals surface area contributed by atoms with E-state index in [0.29, 0.717) is 30.8 Å². The van der Waals surface area contributed by atoms with Crippen LogP contribution in [-0.4, -0.2) is 20.8 Å². The van der Waals surface area contributed by atoms with Crippen molar-refractivity contribution in [2.45, 2.75) is 26.7 Å². The van der Waals surface area contributed by atoms with Gasteiger partial charge in [0.15, 0.2) is 0 Å². The largest absolute Gasteiger partial charge is 0.493 e. The van der Waals surface area contributed by atoms with Crippen LogP contribution < -0.4 is 9.88 Å². The minimum absolute atomic E-state index is 0.0205. The first kappa shape index (κ1) is 15.9. The van der Waals surface area contributed by atoms with Crippen molar-refractivity contribution in [3.8, 4) is 5.75 Å². The van der Waals surface area contributed by atoms with Gasteiger partial charge in [-0.15, -0.1) is 0 Å². The highest BCUT2D eigenvalue weighted by molar-refractivity contribution is 7.89. The van der Waals surface area contributed by atoms with Gasteiger partial charge in [0, 0.05) is 6.07 Å². The van der Waals surface area contributed by atoms with Crippen LogP contribution >= 0.6 is 0 Å². The lowest BCUT2D eigenvalue weighted by Crippen LogP contribution is -2.18. The lowest BCUT2D eigenvalue weighted by atomic mass is 10.1. The monoisotopic (exact) mass is 289 g/mol. The van der Waals surface area contributed by atoms with E-state index in [2.05, 4.69) is 0 Å². The van der Waals surface area contributed by atoms with Gasteiger partial charge in [0.05, 0.1) is 12.4 Å². The third-order valence-electron chi connectivity index (χ3n) is 2.92. The first-order valence-corrected chi connectivity index (χ1v) is 7.89. The van der Waals surface area contributed by atoms with Crippen molar-refractivity contribution < 1.29 is 17.5 Å². The molecule has 19 heavy (non-hydrogen) atoms. The van der Waals surface area contributed by atoms with Gasteiger partial charge in [0.1, 0.15) is 11.6 Å². The maximum absolute atomic E-state index is 13.3. The van der Waals surface area contributed by atoms with Crippen LogP contribution in [0.2, 0.25) is 0 Å². The molecule has 2 N–H and O–H groups in total. The Morgan fingerprint density at radius 1 is 1.37 bits per heavy atom. The molecule has 1 aromatic rings. The average Bonchev–Trinajstić information content (AvgIpc) is 2.30. The summed E-state index contributed by atoms with van der Waals surface area (Å²) in [6.07, 6.45) is 1.20. The van der Waals surface area contributed by atoms with Crippen LogP contribution in [0.4, 0.5) is 4.39 Å². The summed E-state index contributed by atoms with van der Waals surface area (Å²) in [6.45, 7) is 4.05. The van der Waals surface area contributed by atoms with Crippen LogP contribution in [0.25, 0.3) is 0 Å². The summed E-state index contributed by atoms with van der Waals surface area (Å²) in [5.41, 5.74) is 0.578. The zero-order chi connectivity index (χ0) is 14.5. The van der Waals surface area contributed by atoms with Gasteiger partial charge in [-0.3, -0.25) is 0 Å². The minimum Gasteiger partial charge on any atom is -0.493 e. The first-order chi connectivity index (χ1) is 8.78. The molecular formula is C13H20FNO3S. The summed E-state index contributed by atoms with van der Waals surface area (Å²) < 4.78 is 40.3. The van der Waals surface area contributed by atoms with Crippen molar-refractivity contribution in [3.05, 3.63) is 29.6 Å². The SMILES string of the molecule is Cc1ccc(OCCC(C)CCS(N)(=O)=O)cc1F. The van der Waals surface area contributed by atoms with Gasteiger partial charge in [-0.2, -0.15) is 0 Å². The smallest absolute Gasteiger partial charge is 0.209 e. The molecule has 6 heteroatoms. The van der Waals surface area contributed by atoms with Gasteiger partial charge in [0.2, 0.25) is 10.0 Å². The van der Waals surface area contributed by atoms with E-state index in [1.54, 1.807) is 19.1 Å². The van der Waals surface area contributed by atoms with Gasteiger partial charge >= 0.3 is 0 Å². The van der Waals surface area contributed by atoms with Gasteiger partial charge in [-0.05, 0) is 37.3 Å². The fourth-order valence-corrected chi connectivity index (χ4v) is 2.28. The molecule has 0 amide bonds. The van der Waals surface area contributed by atoms with Crippen LogP contribution in [-0.2, 0) is 10.0 Å². The number of nitrogens with two attached hydrogens (primary N) is 1. The van der Waals surface area contributed by atoms with Crippen molar-refractivity contribution >= 4 is 10.0 Å². The minimum atomic E-state index is -3.40. The molecule has 4 nitrogen and oxygen atoms in total. The van der Waals surface area contributed by atoms with Crippen molar-refractivity contribution in [2.24, 2.45) is 11.1 Å². The van der Waals surface area contributed by atoms with Crippen LogP contribution in [0.3, 0.4) is 0 Å². The maximum Gasteiger partial charge on any atom is 0.209 e. The molecule has 0 heterocycles. The van der Waals surface area contributed by atoms with Crippen molar-refractivity contribution in [2.75, 3.05) is 12.4 Å². The lowest BCUT2D eigenvalue weighted by molar-refractivity contribution is 0.280. The van der Waals surface area contributed by atoms with Crippen LogP contribution in [0.1, 0.15) is 25.3 Å². The lowest BCUT2D eigenvalue weighted by Gasteiger charge is -2.12. The van der Waals surface area contributed by atoms with Gasteiger partial charge in [0.25, 0.3) is 0 Å². The Labute approximate surface area is 113 Å². The number of aryl methyl sites for hydroxylation is 1. The standard InChI is InChI=1S/C13H20FNO3S/c1-10(6-8-19(15,16)17)5-7-18-12-4-3-11(2)13(14)9-12/h3-4,9-10H,5-8H2,1-2H3,(H2,15,16,17). The molecule has 1 aromatic carbocycles. The second-order valence-electron chi connectivity index (χ2n) is 4.81. The number of sulfonamides is 1. The fourth-order valence-electron chi connectivity index (χ4n) is 1.55. The summed E-state index contributed by atoms with van der Waals surface area (Å²) in [4.78, 5) is 0. The first-order valence-electron chi connectivity index (χ1n) is 6.17. The average molecular weight is 289 g/mol. The summed E-state index contributed by atoms with van der Waals surface area (Å²) in [5.74, 6) is 0.364. The highest BCUT2D eigenvalue weighted by atomic mass is 32.2. The number of hydrogen-bond donors (Lipinski definition) is 1. The summed E-state index contributed by atoms with van der Waals surface area (Å²) >= 11 is 0. The summed E-state index contributed by atoms with van der Waals surface area (Å²) in [5, 5.41) is 4.93. The molecule has 1 unspecified atom stereocenters. The molecule has 0 saturated carbocycles. The highest BCUT2D eigenvalue weighted by Crippen LogP contribution is 2.17. The number of benzene rings is 1. The molecule has 0 saturated heterocycles. The van der Waals surface area contributed by atoms with E-state index in [1.165, 1.54) is 6.07 Å². The zero-order valence-corrected chi connectivity index (χ0v) is 12.0. The van der Waals surface area contributed by atoms with Gasteiger partial charge in [-0.1, -0.05) is 13.0 Å². The Balaban J connectivity index is 2.31. The molecular weight excluding hydrogens is 269 g/mol. The highest BCUT2D eigenvalue weighted by Gasteiger charge is 2.08. The normalized spacial score (nSPS) is 13.3. The van der Waals surface area contributed by atoms with Crippen molar-refractivity contribution in [1.82, 2.24) is 0 Å². The zero-order valence-electron chi connectivity index (χ0n) is 11.2. The summed E-state index contributed by atoms with van der Waals surface area (Å²) in [6, 6.07) is 4.73. The van der Waals surface area contributed by atoms with E-state index in [9.17, 15) is 12.8 Å². The molecule has 0 aliphatic heterocycles. The number of rotatable bonds is 7. The topological polar surface area (TPSA) is 69.4 Å². The second kappa shape index (κ2) is 6.86. The van der Waals surface area contributed by atoms with Crippen molar-refractivity contribution in [1.29, 1.82) is 0 Å². The molecule has 108 valence electrons. The number of primary sulfonamides is 1. The third kappa shape index (κ3) is 6.54. The van der Waals surface area contributed by atoms with E-state index in [1.807, 2.05) is 6.92 Å². The van der Waals surface area contributed by atoms with E-state index in [4.69, 9.17) is 9.88 Å². The summed E-state index contributed by atoms with van der Waals surface area (Å²) in [7, 11) is -3.40. The Morgan fingerprint density at radius 3 is 2.63 bits per heavy atom. The van der Waals surface area contributed by atoms with Gasteiger partial charge in [-0.25, -0.2) is 17.9 Å². The second-order valence-corrected chi connectivity index (χ2v) is 6.54. The molecule has 0 aliphatic rings. The molecule has 0 bridgehead atoms. The maximum atomic E-state index is 13.3. The van der Waals surface area contributed by atoms with Crippen molar-refractivity contribution in [3.63, 3.8) is 0 Å².